The number of nitrogens with one attached hydrogen (secondary N) is 1. The van der Waals surface area contributed by atoms with Gasteiger partial charge in [0.25, 0.3) is 0 Å². The predicted octanol–water partition coefficient (Wildman–Crippen LogP) is 5.26. The van der Waals surface area contributed by atoms with Gasteiger partial charge in [0.05, 0.1) is 29.4 Å². The number of esters is 1. The van der Waals surface area contributed by atoms with Crippen molar-refractivity contribution in [1.29, 1.82) is 0 Å². The number of aryl methyl sites for hydroxylation is 1. The Morgan fingerprint density at radius 3 is 2.68 bits per heavy atom. The molecule has 0 amide bonds. The number of benzene rings is 2. The van der Waals surface area contributed by atoms with Gasteiger partial charge in [-0.15, -0.1) is 0 Å². The van der Waals surface area contributed by atoms with E-state index in [4.69, 9.17) is 16.3 Å². The average molecular weight is 354 g/mol. The zero-order valence-corrected chi connectivity index (χ0v) is 15.0. The number of hydrogen-bond acceptors (Lipinski definition) is 3. The minimum atomic E-state index is -0.317. The molecular weight excluding hydrogens is 334 g/mol. The number of ether oxygens (including phenoxy) is 1. The Bertz CT molecular complexity index is 857. The Kier molecular flexibility index (Phi) is 4.04. The number of carbonyl (C=O) groups is 1. The van der Waals surface area contributed by atoms with E-state index in [1.165, 1.54) is 18.2 Å². The lowest BCUT2D eigenvalue weighted by molar-refractivity contribution is 0.0598. The molecule has 0 radical (unpaired) electrons. The van der Waals surface area contributed by atoms with Gasteiger partial charge in [0.2, 0.25) is 0 Å². The summed E-state index contributed by atoms with van der Waals surface area (Å²) < 4.78 is 4.98. The normalized spacial score (nSPS) is 23.6. The molecule has 3 atom stereocenters. The fraction of sp³-hybridized carbons (Fsp3) is 0.286. The van der Waals surface area contributed by atoms with Crippen LogP contribution in [0.3, 0.4) is 0 Å². The Morgan fingerprint density at radius 1 is 1.20 bits per heavy atom. The first-order chi connectivity index (χ1) is 12.1. The highest BCUT2D eigenvalue weighted by molar-refractivity contribution is 6.33. The second kappa shape index (κ2) is 6.23. The zero-order chi connectivity index (χ0) is 17.6. The molecular formula is C21H20ClNO2. The van der Waals surface area contributed by atoms with Crippen LogP contribution in [0.1, 0.15) is 45.4 Å². The van der Waals surface area contributed by atoms with Crippen molar-refractivity contribution >= 4 is 23.3 Å². The second-order valence-corrected chi connectivity index (χ2v) is 7.17. The smallest absolute Gasteiger partial charge is 0.338 e. The lowest BCUT2D eigenvalue weighted by Gasteiger charge is -2.38. The topological polar surface area (TPSA) is 38.3 Å². The van der Waals surface area contributed by atoms with Crippen LogP contribution in [0.4, 0.5) is 5.69 Å². The van der Waals surface area contributed by atoms with Gasteiger partial charge < -0.3 is 10.1 Å². The second-order valence-electron chi connectivity index (χ2n) is 6.76. The molecule has 0 fully saturated rings. The van der Waals surface area contributed by atoms with Gasteiger partial charge in [-0.25, -0.2) is 4.79 Å². The maximum Gasteiger partial charge on any atom is 0.338 e. The summed E-state index contributed by atoms with van der Waals surface area (Å²) in [6.07, 6.45) is 5.38. The van der Waals surface area contributed by atoms with E-state index >= 15 is 0 Å². The van der Waals surface area contributed by atoms with E-state index in [1.54, 1.807) is 12.1 Å². The predicted molar refractivity (Wildman–Crippen MR) is 100 cm³/mol. The monoisotopic (exact) mass is 353 g/mol. The highest BCUT2D eigenvalue weighted by atomic mass is 35.5. The zero-order valence-electron chi connectivity index (χ0n) is 14.3. The summed E-state index contributed by atoms with van der Waals surface area (Å²) in [5, 5.41) is 4.25. The number of fused-ring (bicyclic) bond motifs is 3. The standard InChI is InChI=1S/C21H20ClNO2/c1-12-6-8-13(9-7-12)19-15-5-3-4-14(15)18-16(21(24)25-2)10-11-17(22)20(18)23-19/h3-4,6-11,14-15,19,23H,5H2,1-2H3/t14-,15-,19+/m1/s1. The van der Waals surface area contributed by atoms with Crippen LogP contribution in [-0.2, 0) is 4.74 Å². The van der Waals surface area contributed by atoms with Gasteiger partial charge in [0.1, 0.15) is 0 Å². The van der Waals surface area contributed by atoms with Crippen LogP contribution in [0.15, 0.2) is 48.6 Å². The molecule has 0 bridgehead atoms. The summed E-state index contributed by atoms with van der Waals surface area (Å²) in [6.45, 7) is 2.09. The molecule has 0 unspecified atom stereocenters. The molecule has 1 aliphatic carbocycles. The summed E-state index contributed by atoms with van der Waals surface area (Å²) in [6, 6.07) is 12.3. The molecule has 2 aromatic rings. The number of carbonyl (C=O) groups excluding carboxylic acids is 1. The van der Waals surface area contributed by atoms with Crippen LogP contribution in [0, 0.1) is 12.8 Å². The van der Waals surface area contributed by atoms with E-state index < -0.39 is 0 Å². The van der Waals surface area contributed by atoms with Crippen molar-refractivity contribution in [3.05, 3.63) is 75.8 Å². The minimum absolute atomic E-state index is 0.162. The van der Waals surface area contributed by atoms with Crippen LogP contribution in [0.2, 0.25) is 5.02 Å². The molecule has 1 aliphatic heterocycles. The molecule has 4 heteroatoms. The number of hydrogen-bond donors (Lipinski definition) is 1. The molecule has 3 nitrogen and oxygen atoms in total. The van der Waals surface area contributed by atoms with Crippen LogP contribution in [0.5, 0.6) is 0 Å². The number of methoxy groups -OCH3 is 1. The Morgan fingerprint density at radius 2 is 1.96 bits per heavy atom. The van der Waals surface area contributed by atoms with Crippen molar-refractivity contribution in [2.24, 2.45) is 5.92 Å². The first kappa shape index (κ1) is 16.2. The summed E-state index contributed by atoms with van der Waals surface area (Å²) in [5.74, 6) is 0.204. The fourth-order valence-corrected chi connectivity index (χ4v) is 4.29. The van der Waals surface area contributed by atoms with Crippen LogP contribution < -0.4 is 5.32 Å². The van der Waals surface area contributed by atoms with Crippen molar-refractivity contribution in [2.75, 3.05) is 12.4 Å². The largest absolute Gasteiger partial charge is 0.465 e. The summed E-state index contributed by atoms with van der Waals surface area (Å²) in [4.78, 5) is 12.3. The van der Waals surface area contributed by atoms with Gasteiger partial charge in [-0.1, -0.05) is 53.6 Å². The van der Waals surface area contributed by atoms with Crippen LogP contribution >= 0.6 is 11.6 Å². The molecule has 2 aliphatic rings. The quantitative estimate of drug-likeness (QED) is 0.591. The molecule has 0 aromatic heterocycles. The maximum absolute atomic E-state index is 12.3. The third kappa shape index (κ3) is 2.63. The van der Waals surface area contributed by atoms with Gasteiger partial charge in [-0.2, -0.15) is 0 Å². The van der Waals surface area contributed by atoms with Gasteiger partial charge >= 0.3 is 5.97 Å². The number of allylic oxidation sites excluding steroid dienone is 2. The summed E-state index contributed by atoms with van der Waals surface area (Å²) >= 11 is 6.49. The maximum atomic E-state index is 12.3. The van der Waals surface area contributed by atoms with Crippen molar-refractivity contribution in [3.8, 4) is 0 Å². The molecule has 128 valence electrons. The average Bonchev–Trinajstić information content (AvgIpc) is 3.11. The molecule has 0 spiro atoms. The highest BCUT2D eigenvalue weighted by Gasteiger charge is 2.40. The Balaban J connectivity index is 1.85. The van der Waals surface area contributed by atoms with Gasteiger partial charge in [-0.3, -0.25) is 0 Å². The molecule has 25 heavy (non-hydrogen) atoms. The van der Waals surface area contributed by atoms with E-state index in [0.29, 0.717) is 16.5 Å². The first-order valence-electron chi connectivity index (χ1n) is 8.50. The SMILES string of the molecule is COC(=O)c1ccc(Cl)c2c1[C@@H]1C=CC[C@H]1[C@H](c1ccc(C)cc1)N2. The highest BCUT2D eigenvalue weighted by Crippen LogP contribution is 2.52. The lowest BCUT2D eigenvalue weighted by Crippen LogP contribution is -2.30. The number of halogens is 1. The van der Waals surface area contributed by atoms with E-state index in [-0.39, 0.29) is 17.9 Å². The van der Waals surface area contributed by atoms with Gasteiger partial charge in [0, 0.05) is 5.92 Å². The lowest BCUT2D eigenvalue weighted by atomic mass is 9.75. The fourth-order valence-electron chi connectivity index (χ4n) is 4.07. The molecule has 1 heterocycles. The summed E-state index contributed by atoms with van der Waals surface area (Å²) in [5.41, 5.74) is 4.89. The van der Waals surface area contributed by atoms with E-state index in [0.717, 1.165) is 17.7 Å². The van der Waals surface area contributed by atoms with E-state index in [1.807, 2.05) is 0 Å². The van der Waals surface area contributed by atoms with Crippen molar-refractivity contribution in [3.63, 3.8) is 0 Å². The first-order valence-corrected chi connectivity index (χ1v) is 8.88. The third-order valence-corrected chi connectivity index (χ3v) is 5.63. The van der Waals surface area contributed by atoms with Gasteiger partial charge in [-0.05, 0) is 42.5 Å². The Labute approximate surface area is 152 Å². The van der Waals surface area contributed by atoms with E-state index in [2.05, 4.69) is 48.7 Å². The van der Waals surface area contributed by atoms with Crippen molar-refractivity contribution in [1.82, 2.24) is 0 Å². The van der Waals surface area contributed by atoms with Crippen molar-refractivity contribution in [2.45, 2.75) is 25.3 Å². The molecule has 2 aromatic carbocycles. The minimum Gasteiger partial charge on any atom is -0.465 e. The van der Waals surface area contributed by atoms with Crippen molar-refractivity contribution < 1.29 is 9.53 Å². The Hall–Kier alpha value is -2.26. The van der Waals surface area contributed by atoms with Crippen LogP contribution in [-0.4, -0.2) is 13.1 Å². The molecule has 0 saturated heterocycles. The van der Waals surface area contributed by atoms with Gasteiger partial charge in [0.15, 0.2) is 0 Å². The number of rotatable bonds is 2. The number of anilines is 1. The molecule has 4 rings (SSSR count). The van der Waals surface area contributed by atoms with E-state index in [9.17, 15) is 4.79 Å². The van der Waals surface area contributed by atoms with Crippen LogP contribution in [0.25, 0.3) is 0 Å². The molecule has 1 N–H and O–H groups in total. The third-order valence-electron chi connectivity index (χ3n) is 5.31. The molecule has 0 saturated carbocycles. The summed E-state index contributed by atoms with van der Waals surface area (Å²) in [7, 11) is 1.41.